The number of rotatable bonds is 11. The van der Waals surface area contributed by atoms with Crippen LogP contribution in [-0.4, -0.2) is 29.3 Å². The first-order valence-corrected chi connectivity index (χ1v) is 11.7. The third kappa shape index (κ3) is 6.03. The average Bonchev–Trinajstić information content (AvgIpc) is 3.12. The summed E-state index contributed by atoms with van der Waals surface area (Å²) < 4.78 is 16.8. The molecule has 8 heteroatoms. The van der Waals surface area contributed by atoms with E-state index < -0.39 is 0 Å². The highest BCUT2D eigenvalue weighted by atomic mass is 32.2. The SMILES string of the molecule is CCCOc1ccc(NC(=O)c2cccnc2SCc2c(C)noc2C)cc1OCCC. The van der Waals surface area contributed by atoms with E-state index in [9.17, 15) is 4.79 Å². The van der Waals surface area contributed by atoms with E-state index in [4.69, 9.17) is 14.0 Å². The van der Waals surface area contributed by atoms with Gasteiger partial charge in [-0.1, -0.05) is 19.0 Å². The number of aryl methyl sites for hydroxylation is 2. The molecule has 170 valence electrons. The smallest absolute Gasteiger partial charge is 0.258 e. The Kier molecular flexibility index (Phi) is 8.56. The molecule has 0 bridgehead atoms. The van der Waals surface area contributed by atoms with E-state index in [-0.39, 0.29) is 5.91 Å². The number of hydrogen-bond acceptors (Lipinski definition) is 7. The molecule has 0 spiro atoms. The van der Waals surface area contributed by atoms with Crippen molar-refractivity contribution in [2.24, 2.45) is 0 Å². The number of aromatic nitrogens is 2. The van der Waals surface area contributed by atoms with Gasteiger partial charge in [0.25, 0.3) is 5.91 Å². The van der Waals surface area contributed by atoms with E-state index in [0.29, 0.717) is 46.7 Å². The molecular formula is C24H29N3O4S. The van der Waals surface area contributed by atoms with Crippen molar-refractivity contribution in [3.05, 3.63) is 59.1 Å². The molecule has 0 aliphatic rings. The molecular weight excluding hydrogens is 426 g/mol. The van der Waals surface area contributed by atoms with Gasteiger partial charge < -0.3 is 19.3 Å². The van der Waals surface area contributed by atoms with Crippen LogP contribution in [0.5, 0.6) is 11.5 Å². The summed E-state index contributed by atoms with van der Waals surface area (Å²) in [4.78, 5) is 17.5. The number of carbonyl (C=O) groups is 1. The van der Waals surface area contributed by atoms with E-state index >= 15 is 0 Å². The lowest BCUT2D eigenvalue weighted by molar-refractivity contribution is 0.102. The molecule has 1 amide bonds. The minimum atomic E-state index is -0.233. The molecule has 0 saturated heterocycles. The van der Waals surface area contributed by atoms with Crippen molar-refractivity contribution in [2.75, 3.05) is 18.5 Å². The maximum atomic E-state index is 13.0. The van der Waals surface area contributed by atoms with E-state index in [1.807, 2.05) is 32.9 Å². The molecule has 1 N–H and O–H groups in total. The summed E-state index contributed by atoms with van der Waals surface area (Å²) in [6, 6.07) is 8.96. The molecule has 0 atom stereocenters. The third-order valence-electron chi connectivity index (χ3n) is 4.68. The largest absolute Gasteiger partial charge is 0.490 e. The molecule has 0 aliphatic heterocycles. The van der Waals surface area contributed by atoms with Crippen molar-refractivity contribution in [1.82, 2.24) is 10.1 Å². The van der Waals surface area contributed by atoms with Gasteiger partial charge in [-0.05, 0) is 51.0 Å². The lowest BCUT2D eigenvalue weighted by atomic mass is 10.2. The zero-order valence-corrected chi connectivity index (χ0v) is 19.8. The molecule has 2 heterocycles. The summed E-state index contributed by atoms with van der Waals surface area (Å²) in [7, 11) is 0. The van der Waals surface area contributed by atoms with Crippen molar-refractivity contribution in [2.45, 2.75) is 51.3 Å². The van der Waals surface area contributed by atoms with Crippen molar-refractivity contribution in [3.8, 4) is 11.5 Å². The molecule has 0 radical (unpaired) electrons. The van der Waals surface area contributed by atoms with Gasteiger partial charge in [-0.25, -0.2) is 4.98 Å². The highest BCUT2D eigenvalue weighted by molar-refractivity contribution is 7.98. The van der Waals surface area contributed by atoms with Crippen LogP contribution in [0.2, 0.25) is 0 Å². The van der Waals surface area contributed by atoms with Crippen LogP contribution in [-0.2, 0) is 5.75 Å². The monoisotopic (exact) mass is 455 g/mol. The zero-order valence-electron chi connectivity index (χ0n) is 18.9. The fraction of sp³-hybridized carbons (Fsp3) is 0.375. The number of thioether (sulfide) groups is 1. The fourth-order valence-electron chi connectivity index (χ4n) is 2.97. The Morgan fingerprint density at radius 2 is 1.84 bits per heavy atom. The highest BCUT2D eigenvalue weighted by Crippen LogP contribution is 2.32. The van der Waals surface area contributed by atoms with Crippen LogP contribution in [0.25, 0.3) is 0 Å². The second-order valence-corrected chi connectivity index (χ2v) is 8.22. The number of nitrogens with zero attached hydrogens (tertiary/aromatic N) is 2. The minimum Gasteiger partial charge on any atom is -0.490 e. The number of amides is 1. The fourth-order valence-corrected chi connectivity index (χ4v) is 4.11. The Bertz CT molecular complexity index is 1030. The molecule has 3 rings (SSSR count). The summed E-state index contributed by atoms with van der Waals surface area (Å²) in [5.74, 6) is 2.47. The number of ether oxygens (including phenoxy) is 2. The van der Waals surface area contributed by atoms with Gasteiger partial charge >= 0.3 is 0 Å². The minimum absolute atomic E-state index is 0.233. The van der Waals surface area contributed by atoms with Crippen molar-refractivity contribution >= 4 is 23.4 Å². The summed E-state index contributed by atoms with van der Waals surface area (Å²) in [6.07, 6.45) is 3.47. The predicted octanol–water partition coefficient (Wildman–Crippen LogP) is 5.81. The third-order valence-corrected chi connectivity index (χ3v) is 5.71. The Hall–Kier alpha value is -3.00. The van der Waals surface area contributed by atoms with Gasteiger partial charge in [-0.2, -0.15) is 0 Å². The van der Waals surface area contributed by atoms with E-state index in [0.717, 1.165) is 29.9 Å². The van der Waals surface area contributed by atoms with Gasteiger partial charge in [0, 0.05) is 29.3 Å². The van der Waals surface area contributed by atoms with Gasteiger partial charge in [-0.15, -0.1) is 11.8 Å². The summed E-state index contributed by atoms with van der Waals surface area (Å²) in [5.41, 5.74) is 3.01. The summed E-state index contributed by atoms with van der Waals surface area (Å²) in [6.45, 7) is 9.07. The number of carbonyl (C=O) groups excluding carboxylic acids is 1. The van der Waals surface area contributed by atoms with Gasteiger partial charge in [0.15, 0.2) is 11.5 Å². The van der Waals surface area contributed by atoms with Gasteiger partial charge in [0.05, 0.1) is 24.5 Å². The van der Waals surface area contributed by atoms with Gasteiger partial charge in [-0.3, -0.25) is 4.79 Å². The molecule has 0 fully saturated rings. The Morgan fingerprint density at radius 3 is 2.53 bits per heavy atom. The average molecular weight is 456 g/mol. The highest BCUT2D eigenvalue weighted by Gasteiger charge is 2.17. The standard InChI is InChI=1S/C24H29N3O4S/c1-5-12-29-21-10-9-18(14-22(21)30-13-6-2)26-23(28)19-8-7-11-25-24(19)32-15-20-16(3)27-31-17(20)4/h7-11,14H,5-6,12-13,15H2,1-4H3,(H,26,28). The van der Waals surface area contributed by atoms with Gasteiger partial charge in [0.1, 0.15) is 10.8 Å². The lowest BCUT2D eigenvalue weighted by Gasteiger charge is -2.14. The van der Waals surface area contributed by atoms with Crippen molar-refractivity contribution < 1.29 is 18.8 Å². The second-order valence-electron chi connectivity index (χ2n) is 7.26. The molecule has 1 aromatic carbocycles. The Balaban J connectivity index is 1.75. The first-order valence-electron chi connectivity index (χ1n) is 10.7. The van der Waals surface area contributed by atoms with Crippen molar-refractivity contribution in [1.29, 1.82) is 0 Å². The predicted molar refractivity (Wildman–Crippen MR) is 126 cm³/mol. The maximum absolute atomic E-state index is 13.0. The topological polar surface area (TPSA) is 86.5 Å². The molecule has 7 nitrogen and oxygen atoms in total. The molecule has 0 saturated carbocycles. The second kappa shape index (κ2) is 11.6. The number of pyridine rings is 1. The van der Waals surface area contributed by atoms with Crippen molar-refractivity contribution in [3.63, 3.8) is 0 Å². The van der Waals surface area contributed by atoms with Crippen LogP contribution >= 0.6 is 11.8 Å². The number of anilines is 1. The van der Waals surface area contributed by atoms with Crippen LogP contribution < -0.4 is 14.8 Å². The van der Waals surface area contributed by atoms with Crippen LogP contribution in [0.4, 0.5) is 5.69 Å². The molecule has 2 aromatic heterocycles. The van der Waals surface area contributed by atoms with E-state index in [1.54, 1.807) is 24.4 Å². The first kappa shape index (κ1) is 23.7. The first-order chi connectivity index (χ1) is 15.5. The van der Waals surface area contributed by atoms with Crippen LogP contribution in [0.3, 0.4) is 0 Å². The summed E-state index contributed by atoms with van der Waals surface area (Å²) >= 11 is 1.48. The summed E-state index contributed by atoms with van der Waals surface area (Å²) in [5, 5.41) is 7.59. The molecule has 32 heavy (non-hydrogen) atoms. The number of nitrogens with one attached hydrogen (secondary N) is 1. The molecule has 0 aliphatic carbocycles. The van der Waals surface area contributed by atoms with Crippen LogP contribution in [0.15, 0.2) is 46.1 Å². The number of hydrogen-bond donors (Lipinski definition) is 1. The molecule has 3 aromatic rings. The quantitative estimate of drug-likeness (QED) is 0.365. The van der Waals surface area contributed by atoms with Crippen LogP contribution in [0.1, 0.15) is 54.1 Å². The lowest BCUT2D eigenvalue weighted by Crippen LogP contribution is -2.14. The Morgan fingerprint density at radius 1 is 1.09 bits per heavy atom. The maximum Gasteiger partial charge on any atom is 0.258 e. The van der Waals surface area contributed by atoms with E-state index in [2.05, 4.69) is 22.4 Å². The van der Waals surface area contributed by atoms with Gasteiger partial charge in [0.2, 0.25) is 0 Å². The molecule has 0 unspecified atom stereocenters. The normalized spacial score (nSPS) is 10.8. The number of benzene rings is 1. The zero-order chi connectivity index (χ0) is 22.9. The van der Waals surface area contributed by atoms with E-state index in [1.165, 1.54) is 11.8 Å². The van der Waals surface area contributed by atoms with Crippen LogP contribution in [0, 0.1) is 13.8 Å². The Labute approximate surface area is 192 Å².